The van der Waals surface area contributed by atoms with Crippen LogP contribution in [0.1, 0.15) is 40.7 Å². The van der Waals surface area contributed by atoms with Crippen LogP contribution in [0.4, 0.5) is 0 Å². The average Bonchev–Trinajstić information content (AvgIpc) is 2.91. The Labute approximate surface area is 181 Å². The zero-order chi connectivity index (χ0) is 20.9. The molecule has 5 heteroatoms. The van der Waals surface area contributed by atoms with Crippen molar-refractivity contribution in [2.24, 2.45) is 0 Å². The Kier molecular flexibility index (Phi) is 4.64. The standard InChI is InChI=1S/C25H23ClN2O2/c1-16-12-19(26)14-22-23(16)21(9-11-27-22)18-13-20-8-10-25(15-18,28(20)2)30-24(29)17-6-4-3-5-7-17/h3-7,9,11-12,14-15,20H,8,10,13H2,1-2H3. The van der Waals surface area contributed by atoms with E-state index in [1.54, 1.807) is 12.1 Å². The Bertz CT molecular complexity index is 1170. The molecule has 3 heterocycles. The van der Waals surface area contributed by atoms with Gasteiger partial charge >= 0.3 is 5.97 Å². The van der Waals surface area contributed by atoms with Gasteiger partial charge in [0.25, 0.3) is 0 Å². The maximum atomic E-state index is 12.9. The van der Waals surface area contributed by atoms with E-state index >= 15 is 0 Å². The molecule has 0 spiro atoms. The third-order valence-electron chi connectivity index (χ3n) is 6.46. The number of carbonyl (C=O) groups is 1. The quantitative estimate of drug-likeness (QED) is 0.517. The molecule has 2 atom stereocenters. The molecule has 30 heavy (non-hydrogen) atoms. The fraction of sp³-hybridized carbons (Fsp3) is 0.280. The molecule has 2 bridgehead atoms. The number of esters is 1. The lowest BCUT2D eigenvalue weighted by molar-refractivity contribution is -0.0658. The second kappa shape index (κ2) is 7.22. The Morgan fingerprint density at radius 2 is 2.03 bits per heavy atom. The lowest BCUT2D eigenvalue weighted by Gasteiger charge is -2.40. The number of benzene rings is 2. The van der Waals surface area contributed by atoms with Gasteiger partial charge in [0.05, 0.1) is 11.1 Å². The van der Waals surface area contributed by atoms with Gasteiger partial charge in [-0.25, -0.2) is 4.79 Å². The molecular formula is C25H23ClN2O2. The maximum absolute atomic E-state index is 12.9. The van der Waals surface area contributed by atoms with E-state index in [4.69, 9.17) is 16.3 Å². The Morgan fingerprint density at radius 1 is 1.23 bits per heavy atom. The fourth-order valence-electron chi connectivity index (χ4n) is 4.91. The van der Waals surface area contributed by atoms with Crippen LogP contribution in [0.15, 0.2) is 60.8 Å². The maximum Gasteiger partial charge on any atom is 0.340 e. The van der Waals surface area contributed by atoms with Crippen LogP contribution in [0.5, 0.6) is 0 Å². The van der Waals surface area contributed by atoms with Crippen LogP contribution in [-0.2, 0) is 4.74 Å². The summed E-state index contributed by atoms with van der Waals surface area (Å²) < 4.78 is 6.16. The third-order valence-corrected chi connectivity index (χ3v) is 6.68. The molecule has 0 amide bonds. The number of pyridine rings is 1. The minimum atomic E-state index is -0.721. The SMILES string of the molecule is Cc1cc(Cl)cc2nccc(C3=CC4(OC(=O)c5ccccc5)CCC(C3)N4C)c12. The first-order valence-electron chi connectivity index (χ1n) is 10.3. The van der Waals surface area contributed by atoms with Crippen LogP contribution in [0, 0.1) is 6.92 Å². The van der Waals surface area contributed by atoms with Crippen LogP contribution >= 0.6 is 11.6 Å². The van der Waals surface area contributed by atoms with E-state index in [-0.39, 0.29) is 5.97 Å². The number of fused-ring (bicyclic) bond motifs is 3. The van der Waals surface area contributed by atoms with Crippen molar-refractivity contribution in [3.8, 4) is 0 Å². The van der Waals surface area contributed by atoms with Crippen LogP contribution < -0.4 is 0 Å². The molecule has 0 aliphatic carbocycles. The molecule has 2 unspecified atom stereocenters. The van der Waals surface area contributed by atoms with Gasteiger partial charge in [0.1, 0.15) is 0 Å². The number of nitrogens with zero attached hydrogens (tertiary/aromatic N) is 2. The highest BCUT2D eigenvalue weighted by atomic mass is 35.5. The van der Waals surface area contributed by atoms with E-state index in [2.05, 4.69) is 36.0 Å². The van der Waals surface area contributed by atoms with Crippen molar-refractivity contribution in [2.75, 3.05) is 7.05 Å². The number of aromatic nitrogens is 1. The highest BCUT2D eigenvalue weighted by Gasteiger charge is 2.49. The molecule has 4 nitrogen and oxygen atoms in total. The molecule has 0 saturated carbocycles. The van der Waals surface area contributed by atoms with Crippen LogP contribution in [-0.4, -0.2) is 34.7 Å². The van der Waals surface area contributed by atoms with Gasteiger partial charge < -0.3 is 4.74 Å². The molecule has 0 radical (unpaired) electrons. The van der Waals surface area contributed by atoms with Crippen LogP contribution in [0.3, 0.4) is 0 Å². The fourth-order valence-corrected chi connectivity index (χ4v) is 5.17. The molecule has 5 rings (SSSR count). The topological polar surface area (TPSA) is 42.4 Å². The van der Waals surface area contributed by atoms with Gasteiger partial charge in [0.2, 0.25) is 0 Å². The van der Waals surface area contributed by atoms with Crippen molar-refractivity contribution in [3.05, 3.63) is 82.5 Å². The van der Waals surface area contributed by atoms with E-state index in [1.165, 1.54) is 5.57 Å². The second-order valence-electron chi connectivity index (χ2n) is 8.25. The molecule has 3 aromatic rings. The summed E-state index contributed by atoms with van der Waals surface area (Å²) in [6.45, 7) is 2.06. The van der Waals surface area contributed by atoms with Crippen molar-refractivity contribution < 1.29 is 9.53 Å². The highest BCUT2D eigenvalue weighted by Crippen LogP contribution is 2.46. The first-order valence-corrected chi connectivity index (χ1v) is 10.6. The molecule has 1 saturated heterocycles. The highest BCUT2D eigenvalue weighted by molar-refractivity contribution is 6.31. The zero-order valence-electron chi connectivity index (χ0n) is 17.1. The van der Waals surface area contributed by atoms with E-state index in [1.807, 2.05) is 36.5 Å². The average molecular weight is 419 g/mol. The third kappa shape index (κ3) is 3.11. The van der Waals surface area contributed by atoms with Crippen molar-refractivity contribution in [2.45, 2.75) is 38.0 Å². The molecule has 152 valence electrons. The van der Waals surface area contributed by atoms with Gasteiger partial charge in [-0.3, -0.25) is 9.88 Å². The summed E-state index contributed by atoms with van der Waals surface area (Å²) in [5, 5.41) is 1.80. The number of hydrogen-bond acceptors (Lipinski definition) is 4. The van der Waals surface area contributed by atoms with Crippen molar-refractivity contribution in [1.82, 2.24) is 9.88 Å². The van der Waals surface area contributed by atoms with Gasteiger partial charge in [-0.2, -0.15) is 0 Å². The van der Waals surface area contributed by atoms with Crippen LogP contribution in [0.25, 0.3) is 16.5 Å². The molecule has 2 aliphatic heterocycles. The summed E-state index contributed by atoms with van der Waals surface area (Å²) >= 11 is 6.26. The number of hydrogen-bond donors (Lipinski definition) is 0. The summed E-state index contributed by atoms with van der Waals surface area (Å²) in [5.74, 6) is -0.289. The Balaban J connectivity index is 1.59. The monoisotopic (exact) mass is 418 g/mol. The lowest BCUT2D eigenvalue weighted by atomic mass is 9.90. The normalized spacial score (nSPS) is 23.4. The molecule has 1 fully saturated rings. The predicted molar refractivity (Wildman–Crippen MR) is 119 cm³/mol. The summed E-state index contributed by atoms with van der Waals surface area (Å²) in [6.07, 6.45) is 6.69. The first kappa shape index (κ1) is 19.3. The van der Waals surface area contributed by atoms with E-state index < -0.39 is 5.72 Å². The number of ether oxygens (including phenoxy) is 1. The molecule has 1 aromatic heterocycles. The number of likely N-dealkylation sites (N-methyl/N-ethyl adjacent to an activating group) is 1. The van der Waals surface area contributed by atoms with Crippen molar-refractivity contribution in [3.63, 3.8) is 0 Å². The predicted octanol–water partition coefficient (Wildman–Crippen LogP) is 5.63. The summed E-state index contributed by atoms with van der Waals surface area (Å²) in [6, 6.07) is 15.5. The van der Waals surface area contributed by atoms with Crippen molar-refractivity contribution in [1.29, 1.82) is 0 Å². The van der Waals surface area contributed by atoms with E-state index in [0.29, 0.717) is 16.6 Å². The van der Waals surface area contributed by atoms with Gasteiger partial charge in [0.15, 0.2) is 5.72 Å². The smallest absolute Gasteiger partial charge is 0.340 e. The first-order chi connectivity index (χ1) is 14.5. The van der Waals surface area contributed by atoms with E-state index in [9.17, 15) is 4.79 Å². The van der Waals surface area contributed by atoms with Gasteiger partial charge in [-0.05, 0) is 79.9 Å². The molecule has 2 aromatic carbocycles. The minimum absolute atomic E-state index is 0.289. The summed E-state index contributed by atoms with van der Waals surface area (Å²) in [5.41, 5.74) is 4.19. The van der Waals surface area contributed by atoms with Gasteiger partial charge in [-0.15, -0.1) is 0 Å². The number of halogens is 1. The number of carbonyl (C=O) groups excluding carboxylic acids is 1. The lowest BCUT2D eigenvalue weighted by Crippen LogP contribution is -2.49. The zero-order valence-corrected chi connectivity index (χ0v) is 17.8. The Morgan fingerprint density at radius 3 is 2.83 bits per heavy atom. The Hall–Kier alpha value is -2.69. The van der Waals surface area contributed by atoms with Crippen LogP contribution in [0.2, 0.25) is 5.02 Å². The summed E-state index contributed by atoms with van der Waals surface area (Å²) in [7, 11) is 2.05. The number of aryl methyl sites for hydroxylation is 1. The van der Waals surface area contributed by atoms with E-state index in [0.717, 1.165) is 41.3 Å². The second-order valence-corrected chi connectivity index (χ2v) is 8.69. The van der Waals surface area contributed by atoms with Gasteiger partial charge in [0, 0.05) is 29.1 Å². The minimum Gasteiger partial charge on any atom is -0.436 e. The largest absolute Gasteiger partial charge is 0.436 e. The molecular weight excluding hydrogens is 396 g/mol. The van der Waals surface area contributed by atoms with Gasteiger partial charge in [-0.1, -0.05) is 29.8 Å². The molecule has 2 aliphatic rings. The number of rotatable bonds is 3. The summed E-state index contributed by atoms with van der Waals surface area (Å²) in [4.78, 5) is 19.6. The van der Waals surface area contributed by atoms with Crippen molar-refractivity contribution >= 4 is 34.0 Å². The molecule has 0 N–H and O–H groups in total.